The minimum atomic E-state index is 0.0794. The molecule has 0 radical (unpaired) electrons. The Morgan fingerprint density at radius 3 is 2.54 bits per heavy atom. The predicted octanol–water partition coefficient (Wildman–Crippen LogP) is 0.895. The predicted molar refractivity (Wildman–Crippen MR) is 52.4 cm³/mol. The number of aliphatic hydroxyl groups is 1. The van der Waals surface area contributed by atoms with Crippen LogP contribution in [0.1, 0.15) is 12.0 Å². The maximum Gasteiger partial charge on any atom is 0.0468 e. The lowest BCUT2D eigenvalue weighted by Crippen LogP contribution is -2.23. The number of rotatable bonds is 3. The van der Waals surface area contributed by atoms with Crippen molar-refractivity contribution >= 4 is 0 Å². The van der Waals surface area contributed by atoms with E-state index >= 15 is 0 Å². The van der Waals surface area contributed by atoms with Gasteiger partial charge < -0.3 is 10.8 Å². The fourth-order valence-corrected chi connectivity index (χ4v) is 2.11. The molecule has 3 N–H and O–H groups in total. The second-order valence-electron chi connectivity index (χ2n) is 3.81. The van der Waals surface area contributed by atoms with E-state index in [1.165, 1.54) is 5.56 Å². The van der Waals surface area contributed by atoms with Gasteiger partial charge in [-0.1, -0.05) is 30.3 Å². The molecule has 2 heteroatoms. The maximum atomic E-state index is 9.08. The average Bonchev–Trinajstić information content (AvgIpc) is 2.94. The van der Waals surface area contributed by atoms with E-state index in [1.54, 1.807) is 0 Å². The van der Waals surface area contributed by atoms with Crippen LogP contribution >= 0.6 is 0 Å². The molecule has 13 heavy (non-hydrogen) atoms. The molecule has 2 rings (SSSR count). The summed E-state index contributed by atoms with van der Waals surface area (Å²) in [5.41, 5.74) is 7.11. The number of nitrogens with two attached hydrogens (primary N) is 1. The van der Waals surface area contributed by atoms with E-state index in [-0.39, 0.29) is 12.0 Å². The van der Waals surface area contributed by atoms with Gasteiger partial charge in [-0.25, -0.2) is 0 Å². The fraction of sp³-hybridized carbons (Fsp3) is 0.455. The zero-order chi connectivity index (χ0) is 9.31. The second-order valence-corrected chi connectivity index (χ2v) is 3.81. The fourth-order valence-electron chi connectivity index (χ4n) is 2.11. The van der Waals surface area contributed by atoms with E-state index in [0.29, 0.717) is 12.5 Å². The van der Waals surface area contributed by atoms with Crippen LogP contribution in [0.2, 0.25) is 0 Å². The van der Waals surface area contributed by atoms with Gasteiger partial charge in [0.25, 0.3) is 0 Å². The highest BCUT2D eigenvalue weighted by atomic mass is 16.3. The summed E-state index contributed by atoms with van der Waals surface area (Å²) in [6.45, 7) is 0.897. The van der Waals surface area contributed by atoms with Crippen molar-refractivity contribution < 1.29 is 5.11 Å². The first-order valence-electron chi connectivity index (χ1n) is 4.70. The van der Waals surface area contributed by atoms with Gasteiger partial charge in [-0.3, -0.25) is 0 Å². The zero-order valence-electron chi connectivity index (χ0n) is 7.61. The molecule has 2 atom stereocenters. The summed E-state index contributed by atoms with van der Waals surface area (Å²) < 4.78 is 0. The van der Waals surface area contributed by atoms with Crippen molar-refractivity contribution in [1.29, 1.82) is 0 Å². The van der Waals surface area contributed by atoms with Crippen molar-refractivity contribution in [2.75, 3.05) is 13.2 Å². The lowest BCUT2D eigenvalue weighted by Gasteiger charge is -2.14. The number of benzene rings is 1. The van der Waals surface area contributed by atoms with Crippen molar-refractivity contribution in [1.82, 2.24) is 0 Å². The van der Waals surface area contributed by atoms with Crippen LogP contribution in [0.15, 0.2) is 30.3 Å². The van der Waals surface area contributed by atoms with E-state index in [2.05, 4.69) is 12.1 Å². The summed E-state index contributed by atoms with van der Waals surface area (Å²) in [4.78, 5) is 0. The van der Waals surface area contributed by atoms with Crippen LogP contribution in [-0.2, 0) is 5.41 Å². The summed E-state index contributed by atoms with van der Waals surface area (Å²) in [6.07, 6.45) is 1.03. The van der Waals surface area contributed by atoms with Crippen molar-refractivity contribution in [3.63, 3.8) is 0 Å². The van der Waals surface area contributed by atoms with E-state index in [9.17, 15) is 0 Å². The minimum absolute atomic E-state index is 0.0794. The quantitative estimate of drug-likeness (QED) is 0.720. The molecule has 1 aliphatic rings. The molecular weight excluding hydrogens is 162 g/mol. The van der Waals surface area contributed by atoms with Gasteiger partial charge in [-0.15, -0.1) is 0 Å². The Morgan fingerprint density at radius 1 is 1.38 bits per heavy atom. The topological polar surface area (TPSA) is 46.2 Å². The highest BCUT2D eigenvalue weighted by molar-refractivity contribution is 5.34. The molecule has 1 aromatic carbocycles. The van der Waals surface area contributed by atoms with Crippen LogP contribution in [0.4, 0.5) is 0 Å². The Kier molecular flexibility index (Phi) is 2.10. The van der Waals surface area contributed by atoms with E-state index < -0.39 is 0 Å². The summed E-state index contributed by atoms with van der Waals surface area (Å²) in [5, 5.41) is 9.08. The molecule has 0 saturated heterocycles. The maximum absolute atomic E-state index is 9.08. The van der Waals surface area contributed by atoms with Crippen LogP contribution in [0.25, 0.3) is 0 Å². The van der Waals surface area contributed by atoms with Crippen LogP contribution in [0, 0.1) is 5.92 Å². The molecule has 2 nitrogen and oxygen atoms in total. The summed E-state index contributed by atoms with van der Waals surface area (Å²) in [6, 6.07) is 10.3. The molecule has 0 bridgehead atoms. The Hall–Kier alpha value is -0.860. The number of hydrogen-bond donors (Lipinski definition) is 2. The van der Waals surface area contributed by atoms with Crippen LogP contribution in [0.3, 0.4) is 0 Å². The highest BCUT2D eigenvalue weighted by Gasteiger charge is 2.53. The molecule has 0 unspecified atom stereocenters. The molecule has 0 aliphatic heterocycles. The van der Waals surface area contributed by atoms with Crippen molar-refractivity contribution in [2.45, 2.75) is 11.8 Å². The van der Waals surface area contributed by atoms with Crippen LogP contribution < -0.4 is 5.73 Å². The first-order chi connectivity index (χ1) is 6.33. The Balaban J connectivity index is 2.25. The van der Waals surface area contributed by atoms with Crippen molar-refractivity contribution in [3.8, 4) is 0 Å². The molecule has 0 spiro atoms. The number of hydrogen-bond acceptors (Lipinski definition) is 2. The van der Waals surface area contributed by atoms with Gasteiger partial charge in [0.05, 0.1) is 0 Å². The molecule has 0 aromatic heterocycles. The Morgan fingerprint density at radius 2 is 2.08 bits per heavy atom. The Labute approximate surface area is 78.4 Å². The van der Waals surface area contributed by atoms with Gasteiger partial charge in [-0.2, -0.15) is 0 Å². The van der Waals surface area contributed by atoms with Gasteiger partial charge in [0.1, 0.15) is 0 Å². The zero-order valence-corrected chi connectivity index (χ0v) is 7.61. The van der Waals surface area contributed by atoms with Gasteiger partial charge >= 0.3 is 0 Å². The van der Waals surface area contributed by atoms with Gasteiger partial charge in [-0.05, 0) is 17.9 Å². The average molecular weight is 177 g/mol. The molecule has 1 aromatic rings. The second kappa shape index (κ2) is 3.13. The van der Waals surface area contributed by atoms with Crippen molar-refractivity contribution in [2.24, 2.45) is 11.7 Å². The largest absolute Gasteiger partial charge is 0.396 e. The number of aliphatic hydroxyl groups excluding tert-OH is 1. The summed E-state index contributed by atoms with van der Waals surface area (Å²) in [5.74, 6) is 0.375. The first-order valence-corrected chi connectivity index (χ1v) is 4.70. The molecule has 70 valence electrons. The molecule has 0 amide bonds. The van der Waals surface area contributed by atoms with Gasteiger partial charge in [0, 0.05) is 18.6 Å². The first kappa shape index (κ1) is 8.73. The van der Waals surface area contributed by atoms with Crippen LogP contribution in [-0.4, -0.2) is 18.3 Å². The standard InChI is InChI=1S/C11H15NO/c12-8-11(6-10(11)7-13)9-4-2-1-3-5-9/h1-5,10,13H,6-8,12H2/t10-,11-/m1/s1. The summed E-state index contributed by atoms with van der Waals surface area (Å²) >= 11 is 0. The third-order valence-corrected chi connectivity index (χ3v) is 3.17. The van der Waals surface area contributed by atoms with Crippen molar-refractivity contribution in [3.05, 3.63) is 35.9 Å². The molecule has 0 heterocycles. The molecule has 1 saturated carbocycles. The summed E-state index contributed by atoms with van der Waals surface area (Å²) in [7, 11) is 0. The van der Waals surface area contributed by atoms with Crippen LogP contribution in [0.5, 0.6) is 0 Å². The lowest BCUT2D eigenvalue weighted by atomic mass is 9.93. The third kappa shape index (κ3) is 1.26. The smallest absolute Gasteiger partial charge is 0.0468 e. The monoisotopic (exact) mass is 177 g/mol. The van der Waals surface area contributed by atoms with E-state index in [1.807, 2.05) is 18.2 Å². The third-order valence-electron chi connectivity index (χ3n) is 3.17. The van der Waals surface area contributed by atoms with E-state index in [0.717, 1.165) is 6.42 Å². The van der Waals surface area contributed by atoms with E-state index in [4.69, 9.17) is 10.8 Å². The molecular formula is C11H15NO. The SMILES string of the molecule is NC[C@@]1(c2ccccc2)C[C@@H]1CO. The normalized spacial score (nSPS) is 31.7. The van der Waals surface area contributed by atoms with Gasteiger partial charge in [0.2, 0.25) is 0 Å². The molecule has 1 fully saturated rings. The minimum Gasteiger partial charge on any atom is -0.396 e. The lowest BCUT2D eigenvalue weighted by molar-refractivity contribution is 0.264. The van der Waals surface area contributed by atoms with Gasteiger partial charge in [0.15, 0.2) is 0 Å². The Bertz CT molecular complexity index is 285. The highest BCUT2D eigenvalue weighted by Crippen LogP contribution is 2.52. The molecule has 1 aliphatic carbocycles.